The van der Waals surface area contributed by atoms with Crippen LogP contribution in [0.3, 0.4) is 0 Å². The molecule has 21 heavy (non-hydrogen) atoms. The monoisotopic (exact) mass is 333 g/mol. The normalized spacial score (nSPS) is 12.7. The number of aliphatic imine (C=N–C) groups is 1. The molecule has 1 aromatic heterocycles. The number of nitrogens with zero attached hydrogens (tertiary/aromatic N) is 2. The molecule has 0 saturated carbocycles. The number of rotatable bonds is 7. The SMILES string of the molecule is CN=C(NCCNS(C)(=O)=O)NCc1nc(C(C)C)cs1. The van der Waals surface area contributed by atoms with Gasteiger partial charge in [-0.25, -0.2) is 18.1 Å². The van der Waals surface area contributed by atoms with Gasteiger partial charge < -0.3 is 10.6 Å². The minimum Gasteiger partial charge on any atom is -0.355 e. The summed E-state index contributed by atoms with van der Waals surface area (Å²) in [5.74, 6) is 1.04. The smallest absolute Gasteiger partial charge is 0.208 e. The van der Waals surface area contributed by atoms with Crippen LogP contribution in [0.1, 0.15) is 30.5 Å². The summed E-state index contributed by atoms with van der Waals surface area (Å²) in [7, 11) is -1.48. The Hall–Kier alpha value is -1.19. The van der Waals surface area contributed by atoms with Gasteiger partial charge in [-0.05, 0) is 5.92 Å². The highest BCUT2D eigenvalue weighted by Crippen LogP contribution is 2.17. The van der Waals surface area contributed by atoms with Crippen LogP contribution >= 0.6 is 11.3 Å². The van der Waals surface area contributed by atoms with E-state index in [-0.39, 0.29) is 0 Å². The minimum atomic E-state index is -3.15. The fraction of sp³-hybridized carbons (Fsp3) is 0.667. The van der Waals surface area contributed by atoms with Crippen LogP contribution in [0.25, 0.3) is 0 Å². The van der Waals surface area contributed by atoms with Gasteiger partial charge in [0.15, 0.2) is 5.96 Å². The van der Waals surface area contributed by atoms with Gasteiger partial charge in [0.1, 0.15) is 5.01 Å². The molecule has 7 nitrogen and oxygen atoms in total. The molecule has 0 bridgehead atoms. The van der Waals surface area contributed by atoms with E-state index < -0.39 is 10.0 Å². The second kappa shape index (κ2) is 8.30. The van der Waals surface area contributed by atoms with Crippen LogP contribution in [0.2, 0.25) is 0 Å². The predicted molar refractivity (Wildman–Crippen MR) is 87.3 cm³/mol. The predicted octanol–water partition coefficient (Wildman–Crippen LogP) is 0.481. The van der Waals surface area contributed by atoms with E-state index in [1.54, 1.807) is 18.4 Å². The van der Waals surface area contributed by atoms with Crippen LogP contribution in [-0.4, -0.2) is 45.8 Å². The Balaban J connectivity index is 2.34. The number of thiazole rings is 1. The molecule has 0 aliphatic rings. The standard InChI is InChI=1S/C12H23N5O2S2/c1-9(2)10-8-20-11(17-10)7-15-12(13-3)14-5-6-16-21(4,18)19/h8-9,16H,5-7H2,1-4H3,(H2,13,14,15). The van der Waals surface area contributed by atoms with Crippen molar-refractivity contribution < 1.29 is 8.42 Å². The summed E-state index contributed by atoms with van der Waals surface area (Å²) in [4.78, 5) is 8.60. The molecular weight excluding hydrogens is 310 g/mol. The molecule has 0 aliphatic carbocycles. The summed E-state index contributed by atoms with van der Waals surface area (Å²) in [6, 6.07) is 0. The van der Waals surface area contributed by atoms with Crippen LogP contribution in [0.15, 0.2) is 10.4 Å². The second-order valence-electron chi connectivity index (χ2n) is 4.84. The topological polar surface area (TPSA) is 95.5 Å². The van der Waals surface area contributed by atoms with Crippen molar-refractivity contribution in [1.82, 2.24) is 20.3 Å². The van der Waals surface area contributed by atoms with Crippen molar-refractivity contribution in [1.29, 1.82) is 0 Å². The van der Waals surface area contributed by atoms with E-state index in [4.69, 9.17) is 0 Å². The van der Waals surface area contributed by atoms with Crippen molar-refractivity contribution >= 4 is 27.3 Å². The van der Waals surface area contributed by atoms with E-state index in [2.05, 4.69) is 44.6 Å². The third-order valence-corrected chi connectivity index (χ3v) is 4.17. The van der Waals surface area contributed by atoms with Gasteiger partial charge in [-0.15, -0.1) is 11.3 Å². The van der Waals surface area contributed by atoms with E-state index >= 15 is 0 Å². The van der Waals surface area contributed by atoms with Crippen molar-refractivity contribution in [3.8, 4) is 0 Å². The average Bonchev–Trinajstić information content (AvgIpc) is 2.85. The molecule has 0 aliphatic heterocycles. The molecular formula is C12H23N5O2S2. The zero-order valence-corrected chi connectivity index (χ0v) is 14.4. The molecule has 3 N–H and O–H groups in total. The summed E-state index contributed by atoms with van der Waals surface area (Å²) in [6.45, 7) is 5.59. The second-order valence-corrected chi connectivity index (χ2v) is 7.62. The van der Waals surface area contributed by atoms with Gasteiger partial charge in [-0.2, -0.15) is 0 Å². The van der Waals surface area contributed by atoms with E-state index in [0.29, 0.717) is 31.5 Å². The van der Waals surface area contributed by atoms with E-state index in [1.807, 2.05) is 0 Å². The quantitative estimate of drug-likeness (QED) is 0.383. The lowest BCUT2D eigenvalue weighted by molar-refractivity contribution is 0.586. The van der Waals surface area contributed by atoms with E-state index in [0.717, 1.165) is 17.0 Å². The average molecular weight is 333 g/mol. The molecule has 0 saturated heterocycles. The minimum absolute atomic E-state index is 0.314. The molecule has 0 atom stereocenters. The van der Waals surface area contributed by atoms with Gasteiger partial charge in [-0.3, -0.25) is 4.99 Å². The third kappa shape index (κ3) is 7.39. The largest absolute Gasteiger partial charge is 0.355 e. The molecule has 120 valence electrons. The first-order valence-corrected chi connectivity index (χ1v) is 9.42. The number of aromatic nitrogens is 1. The van der Waals surface area contributed by atoms with Gasteiger partial charge >= 0.3 is 0 Å². The van der Waals surface area contributed by atoms with Gasteiger partial charge in [0.05, 0.1) is 18.5 Å². The zero-order chi connectivity index (χ0) is 15.9. The lowest BCUT2D eigenvalue weighted by Crippen LogP contribution is -2.41. The Bertz CT molecular complexity index is 566. The van der Waals surface area contributed by atoms with Crippen molar-refractivity contribution in [2.75, 3.05) is 26.4 Å². The zero-order valence-electron chi connectivity index (χ0n) is 12.8. The van der Waals surface area contributed by atoms with Crippen LogP contribution in [0.5, 0.6) is 0 Å². The number of hydrogen-bond donors (Lipinski definition) is 3. The van der Waals surface area contributed by atoms with Gasteiger partial charge in [-0.1, -0.05) is 13.8 Å². The summed E-state index contributed by atoms with van der Waals surface area (Å²) in [6.07, 6.45) is 1.13. The highest BCUT2D eigenvalue weighted by molar-refractivity contribution is 7.88. The molecule has 1 aromatic rings. The summed E-state index contributed by atoms with van der Waals surface area (Å²) in [5.41, 5.74) is 1.09. The van der Waals surface area contributed by atoms with Gasteiger partial charge in [0.2, 0.25) is 10.0 Å². The van der Waals surface area contributed by atoms with Crippen LogP contribution in [0.4, 0.5) is 0 Å². The first-order valence-electron chi connectivity index (χ1n) is 6.65. The first kappa shape index (κ1) is 17.9. The molecule has 0 fully saturated rings. The Kier molecular flexibility index (Phi) is 7.06. The number of sulfonamides is 1. The molecule has 0 aromatic carbocycles. The Morgan fingerprint density at radius 1 is 1.38 bits per heavy atom. The number of nitrogens with one attached hydrogen (secondary N) is 3. The Morgan fingerprint density at radius 2 is 2.10 bits per heavy atom. The lowest BCUT2D eigenvalue weighted by Gasteiger charge is -2.10. The summed E-state index contributed by atoms with van der Waals surface area (Å²) >= 11 is 1.61. The summed E-state index contributed by atoms with van der Waals surface area (Å²) < 4.78 is 24.3. The Labute approximate surface area is 130 Å². The molecule has 0 amide bonds. The van der Waals surface area contributed by atoms with E-state index in [1.165, 1.54) is 0 Å². The highest BCUT2D eigenvalue weighted by atomic mass is 32.2. The van der Waals surface area contributed by atoms with Crippen LogP contribution in [0, 0.1) is 0 Å². The molecule has 0 radical (unpaired) electrons. The molecule has 0 unspecified atom stereocenters. The molecule has 9 heteroatoms. The molecule has 1 heterocycles. The van der Waals surface area contributed by atoms with Gasteiger partial charge in [0, 0.05) is 25.5 Å². The van der Waals surface area contributed by atoms with Crippen molar-refractivity contribution in [2.24, 2.45) is 4.99 Å². The van der Waals surface area contributed by atoms with Crippen molar-refractivity contribution in [3.05, 3.63) is 16.1 Å². The molecule has 1 rings (SSSR count). The summed E-state index contributed by atoms with van der Waals surface area (Å²) in [5, 5.41) is 9.24. The number of hydrogen-bond acceptors (Lipinski definition) is 5. The van der Waals surface area contributed by atoms with E-state index in [9.17, 15) is 8.42 Å². The fourth-order valence-electron chi connectivity index (χ4n) is 1.47. The highest BCUT2D eigenvalue weighted by Gasteiger charge is 2.06. The molecule has 0 spiro atoms. The Morgan fingerprint density at radius 3 is 2.62 bits per heavy atom. The van der Waals surface area contributed by atoms with Crippen molar-refractivity contribution in [3.63, 3.8) is 0 Å². The van der Waals surface area contributed by atoms with Crippen LogP contribution < -0.4 is 15.4 Å². The maximum Gasteiger partial charge on any atom is 0.208 e. The first-order chi connectivity index (χ1) is 9.81. The number of guanidine groups is 1. The maximum absolute atomic E-state index is 10.9. The third-order valence-electron chi connectivity index (χ3n) is 2.57. The fourth-order valence-corrected chi connectivity index (χ4v) is 2.84. The maximum atomic E-state index is 10.9. The lowest BCUT2D eigenvalue weighted by atomic mass is 10.2. The van der Waals surface area contributed by atoms with Gasteiger partial charge in [0.25, 0.3) is 0 Å². The van der Waals surface area contributed by atoms with Crippen molar-refractivity contribution in [2.45, 2.75) is 26.3 Å². The van der Waals surface area contributed by atoms with Crippen LogP contribution in [-0.2, 0) is 16.6 Å².